The summed E-state index contributed by atoms with van der Waals surface area (Å²) in [6.45, 7) is 2.08. The van der Waals surface area contributed by atoms with Crippen molar-refractivity contribution >= 4 is 27.8 Å². The zero-order valence-electron chi connectivity index (χ0n) is 11.2. The van der Waals surface area contributed by atoms with Crippen molar-refractivity contribution in [1.82, 2.24) is 5.32 Å². The maximum absolute atomic E-state index is 11.6. The van der Waals surface area contributed by atoms with Crippen LogP contribution in [0.2, 0.25) is 0 Å². The fourth-order valence-corrected chi connectivity index (χ4v) is 2.00. The molecule has 0 spiro atoms. The van der Waals surface area contributed by atoms with Crippen LogP contribution in [0.1, 0.15) is 17.3 Å². The van der Waals surface area contributed by atoms with E-state index >= 15 is 0 Å². The number of hydrogen-bond acceptors (Lipinski definition) is 4. The molecule has 2 N–H and O–H groups in total. The number of ether oxygens (including phenoxy) is 2. The highest BCUT2D eigenvalue weighted by Gasteiger charge is 2.11. The van der Waals surface area contributed by atoms with Crippen LogP contribution in [-0.2, 0) is 9.53 Å². The third-order valence-electron chi connectivity index (χ3n) is 2.36. The van der Waals surface area contributed by atoms with Gasteiger partial charge in [0.25, 0.3) is 5.91 Å². The molecule has 1 atom stereocenters. The predicted molar refractivity (Wildman–Crippen MR) is 76.1 cm³/mol. The average Bonchev–Trinajstić information content (AvgIpc) is 2.37. The van der Waals surface area contributed by atoms with E-state index in [1.165, 1.54) is 18.2 Å². The molecule has 1 aromatic carbocycles. The van der Waals surface area contributed by atoms with Crippen molar-refractivity contribution in [1.29, 1.82) is 0 Å². The lowest BCUT2D eigenvalue weighted by Crippen LogP contribution is -2.38. The van der Waals surface area contributed by atoms with Crippen LogP contribution in [0.4, 0.5) is 0 Å². The van der Waals surface area contributed by atoms with Crippen LogP contribution < -0.4 is 10.1 Å². The molecule has 1 aromatic rings. The first-order valence-electron chi connectivity index (χ1n) is 5.88. The summed E-state index contributed by atoms with van der Waals surface area (Å²) in [6, 6.07) is 4.23. The molecule has 1 rings (SSSR count). The van der Waals surface area contributed by atoms with Gasteiger partial charge in [-0.25, -0.2) is 4.79 Å². The topological polar surface area (TPSA) is 84.9 Å². The Hall–Kier alpha value is -1.60. The quantitative estimate of drug-likeness (QED) is 0.785. The smallest absolute Gasteiger partial charge is 0.335 e. The van der Waals surface area contributed by atoms with Crippen LogP contribution in [0.5, 0.6) is 5.75 Å². The summed E-state index contributed by atoms with van der Waals surface area (Å²) in [5.74, 6) is -0.892. The second-order valence-corrected chi connectivity index (χ2v) is 5.02. The van der Waals surface area contributed by atoms with Gasteiger partial charge in [-0.2, -0.15) is 0 Å². The van der Waals surface area contributed by atoms with Crippen LogP contribution in [0, 0.1) is 0 Å². The number of aromatic carboxylic acids is 1. The average molecular weight is 346 g/mol. The van der Waals surface area contributed by atoms with E-state index in [1.807, 2.05) is 6.92 Å². The number of carbonyl (C=O) groups excluding carboxylic acids is 1. The van der Waals surface area contributed by atoms with Gasteiger partial charge >= 0.3 is 5.97 Å². The summed E-state index contributed by atoms with van der Waals surface area (Å²) in [7, 11) is 1.56. The molecule has 0 saturated heterocycles. The van der Waals surface area contributed by atoms with Gasteiger partial charge in [0.2, 0.25) is 0 Å². The van der Waals surface area contributed by atoms with Crippen LogP contribution in [-0.4, -0.2) is 43.3 Å². The van der Waals surface area contributed by atoms with Crippen molar-refractivity contribution in [2.75, 3.05) is 20.3 Å². The second kappa shape index (κ2) is 7.86. The number of carbonyl (C=O) groups is 2. The minimum Gasteiger partial charge on any atom is -0.483 e. The number of amides is 1. The molecule has 20 heavy (non-hydrogen) atoms. The summed E-state index contributed by atoms with van der Waals surface area (Å²) in [5, 5.41) is 11.5. The first-order valence-corrected chi connectivity index (χ1v) is 6.67. The maximum atomic E-state index is 11.6. The lowest BCUT2D eigenvalue weighted by molar-refractivity contribution is -0.124. The molecule has 110 valence electrons. The normalized spacial score (nSPS) is 11.8. The molecule has 0 aliphatic heterocycles. The Bertz CT molecular complexity index is 492. The molecule has 7 heteroatoms. The molecule has 1 amide bonds. The van der Waals surface area contributed by atoms with E-state index in [9.17, 15) is 9.59 Å². The number of carboxylic acids is 1. The van der Waals surface area contributed by atoms with E-state index in [4.69, 9.17) is 14.6 Å². The Balaban J connectivity index is 2.53. The van der Waals surface area contributed by atoms with E-state index < -0.39 is 5.97 Å². The van der Waals surface area contributed by atoms with E-state index in [-0.39, 0.29) is 24.1 Å². The highest BCUT2D eigenvalue weighted by Crippen LogP contribution is 2.25. The Labute approximate surface area is 125 Å². The molecule has 0 unspecified atom stereocenters. The molecule has 0 aliphatic carbocycles. The molecular weight excluding hydrogens is 330 g/mol. The molecule has 0 aliphatic rings. The Morgan fingerprint density at radius 1 is 1.45 bits per heavy atom. The predicted octanol–water partition coefficient (Wildman–Crippen LogP) is 1.68. The lowest BCUT2D eigenvalue weighted by Gasteiger charge is -2.13. The zero-order chi connectivity index (χ0) is 15.1. The standard InChI is InChI=1S/C13H16BrNO5/c1-8(6-19-2)15-12(16)7-20-11-4-3-9(13(17)18)5-10(11)14/h3-5,8H,6-7H2,1-2H3,(H,15,16)(H,17,18)/t8-/m0/s1. The maximum Gasteiger partial charge on any atom is 0.335 e. The summed E-state index contributed by atoms with van der Waals surface area (Å²) in [4.78, 5) is 22.4. The van der Waals surface area contributed by atoms with Gasteiger partial charge in [-0.05, 0) is 41.1 Å². The highest BCUT2D eigenvalue weighted by atomic mass is 79.9. The van der Waals surface area contributed by atoms with Gasteiger partial charge in [-0.1, -0.05) is 0 Å². The van der Waals surface area contributed by atoms with Gasteiger partial charge < -0.3 is 19.9 Å². The SMILES string of the molecule is COC[C@H](C)NC(=O)COc1ccc(C(=O)O)cc1Br. The largest absolute Gasteiger partial charge is 0.483 e. The minimum absolute atomic E-state index is 0.103. The molecule has 0 saturated carbocycles. The third kappa shape index (κ3) is 5.18. The first kappa shape index (κ1) is 16.5. The van der Waals surface area contributed by atoms with Gasteiger partial charge in [0.1, 0.15) is 5.75 Å². The van der Waals surface area contributed by atoms with Gasteiger partial charge in [-0.3, -0.25) is 4.79 Å². The fraction of sp³-hybridized carbons (Fsp3) is 0.385. The first-order chi connectivity index (χ1) is 9.43. The third-order valence-corrected chi connectivity index (χ3v) is 2.98. The van der Waals surface area contributed by atoms with Gasteiger partial charge in [0.15, 0.2) is 6.61 Å². The van der Waals surface area contributed by atoms with Crippen molar-refractivity contribution in [3.8, 4) is 5.75 Å². The van der Waals surface area contributed by atoms with E-state index in [2.05, 4.69) is 21.2 Å². The van der Waals surface area contributed by atoms with E-state index in [0.717, 1.165) is 0 Å². The molecule has 0 bridgehead atoms. The van der Waals surface area contributed by atoms with E-state index in [1.54, 1.807) is 7.11 Å². The van der Waals surface area contributed by atoms with E-state index in [0.29, 0.717) is 16.8 Å². The number of carboxylic acid groups (broad SMARTS) is 1. The van der Waals surface area contributed by atoms with Crippen molar-refractivity contribution in [2.45, 2.75) is 13.0 Å². The number of hydrogen-bond donors (Lipinski definition) is 2. The lowest BCUT2D eigenvalue weighted by atomic mass is 10.2. The summed E-state index contributed by atoms with van der Waals surface area (Å²) >= 11 is 3.20. The Morgan fingerprint density at radius 2 is 2.15 bits per heavy atom. The molecule has 0 radical (unpaired) electrons. The van der Waals surface area contributed by atoms with Crippen LogP contribution in [0.15, 0.2) is 22.7 Å². The van der Waals surface area contributed by atoms with Crippen molar-refractivity contribution < 1.29 is 24.2 Å². The number of benzene rings is 1. The number of methoxy groups -OCH3 is 1. The van der Waals surface area contributed by atoms with Gasteiger partial charge in [0.05, 0.1) is 16.6 Å². The van der Waals surface area contributed by atoms with Crippen LogP contribution >= 0.6 is 15.9 Å². The van der Waals surface area contributed by atoms with Crippen molar-refractivity contribution in [3.63, 3.8) is 0 Å². The summed E-state index contributed by atoms with van der Waals surface area (Å²) in [6.07, 6.45) is 0. The number of rotatable bonds is 7. The Morgan fingerprint density at radius 3 is 2.70 bits per heavy atom. The molecular formula is C13H16BrNO5. The van der Waals surface area contributed by atoms with Gasteiger partial charge in [-0.15, -0.1) is 0 Å². The second-order valence-electron chi connectivity index (χ2n) is 4.16. The van der Waals surface area contributed by atoms with Crippen molar-refractivity contribution in [2.24, 2.45) is 0 Å². The van der Waals surface area contributed by atoms with Gasteiger partial charge in [0, 0.05) is 13.2 Å². The van der Waals surface area contributed by atoms with Crippen molar-refractivity contribution in [3.05, 3.63) is 28.2 Å². The monoisotopic (exact) mass is 345 g/mol. The molecule has 0 fully saturated rings. The zero-order valence-corrected chi connectivity index (χ0v) is 12.8. The summed E-state index contributed by atoms with van der Waals surface area (Å²) < 4.78 is 10.7. The number of halogens is 1. The highest BCUT2D eigenvalue weighted by molar-refractivity contribution is 9.10. The summed E-state index contributed by atoms with van der Waals surface area (Å²) in [5.41, 5.74) is 0.141. The minimum atomic E-state index is -1.02. The number of nitrogens with one attached hydrogen (secondary N) is 1. The Kier molecular flexibility index (Phi) is 6.47. The fourth-order valence-electron chi connectivity index (χ4n) is 1.50. The molecule has 6 nitrogen and oxygen atoms in total. The molecule has 0 heterocycles. The van der Waals surface area contributed by atoms with Crippen LogP contribution in [0.25, 0.3) is 0 Å². The molecule has 0 aromatic heterocycles. The van der Waals surface area contributed by atoms with Crippen LogP contribution in [0.3, 0.4) is 0 Å².